The number of aromatic nitrogens is 3. The molecule has 0 saturated heterocycles. The van der Waals surface area contributed by atoms with Crippen molar-refractivity contribution < 1.29 is 39.9 Å². The second kappa shape index (κ2) is 16.9. The Kier molecular flexibility index (Phi) is 9.03. The van der Waals surface area contributed by atoms with Gasteiger partial charge in [0.2, 0.25) is 0 Å². The number of rotatable bonds is 7. The van der Waals surface area contributed by atoms with Gasteiger partial charge in [-0.25, -0.2) is 4.98 Å². The summed E-state index contributed by atoms with van der Waals surface area (Å²) in [6.07, 6.45) is 1.58. The molecule has 0 amide bonds. The minimum Gasteiger partial charge on any atom is -0.507 e. The number of pyridine rings is 1. The van der Waals surface area contributed by atoms with E-state index in [0.717, 1.165) is 33.4 Å². The SMILES string of the molecule is [2H]C(C)(C)c1ccc(-n2c(-c3cc(C(C)(C)C)cc(C(C)(C)C)c3O)nc3c(-c4[c-]c(-c5cc(-c6ccccc6)ccn5)cc(C(C([2H])([2H])[2H])(C([2H])([2H])[2H])C([2H])([2H])[2H])c4)cccc32)c(-c2ccccc2)c1.[Pt]. The topological polar surface area (TPSA) is 50.9 Å². The number of nitrogens with zero attached hydrogens (tertiary/aromatic N) is 3. The first-order chi connectivity index (χ1) is 32.9. The van der Waals surface area contributed by atoms with E-state index in [1.54, 1.807) is 24.4 Å². The molecule has 0 atom stereocenters. The molecule has 62 heavy (non-hydrogen) atoms. The second-order valence-corrected chi connectivity index (χ2v) is 18.2. The molecule has 1 N–H and O–H groups in total. The maximum atomic E-state index is 12.6. The minimum atomic E-state index is -3.56. The third-order valence-electron chi connectivity index (χ3n) is 11.3. The predicted octanol–water partition coefficient (Wildman–Crippen LogP) is 15.3. The van der Waals surface area contributed by atoms with Crippen molar-refractivity contribution in [2.24, 2.45) is 0 Å². The van der Waals surface area contributed by atoms with Crippen LogP contribution in [0, 0.1) is 6.07 Å². The number of hydrogen-bond acceptors (Lipinski definition) is 3. The quantitative estimate of drug-likeness (QED) is 0.162. The first kappa shape index (κ1) is 33.0. The molecule has 0 bridgehead atoms. The maximum absolute atomic E-state index is 12.6. The van der Waals surface area contributed by atoms with Crippen molar-refractivity contribution in [3.8, 4) is 67.5 Å². The van der Waals surface area contributed by atoms with E-state index in [9.17, 15) is 5.11 Å². The summed E-state index contributed by atoms with van der Waals surface area (Å²) in [5.74, 6) is -0.559. The van der Waals surface area contributed by atoms with Gasteiger partial charge in [0.1, 0.15) is 11.6 Å². The number of para-hydroxylation sites is 1. The summed E-state index contributed by atoms with van der Waals surface area (Å²) in [6.45, 7) is 5.41. The number of phenols is 1. The fraction of sp³-hybridized carbons (Fsp3) is 0.263. The summed E-state index contributed by atoms with van der Waals surface area (Å²) in [5.41, 5.74) is 4.10. The fourth-order valence-corrected chi connectivity index (χ4v) is 7.90. The Hall–Kier alpha value is -5.57. The van der Waals surface area contributed by atoms with Crippen LogP contribution in [-0.2, 0) is 37.3 Å². The monoisotopic (exact) mass is 1010 g/mol. The Morgan fingerprint density at radius 3 is 1.94 bits per heavy atom. The zero-order chi connectivity index (χ0) is 51.9. The van der Waals surface area contributed by atoms with Gasteiger partial charge in [-0.2, -0.15) is 0 Å². The largest absolute Gasteiger partial charge is 0.507 e. The molecule has 4 nitrogen and oxygen atoms in total. The molecule has 2 aromatic heterocycles. The molecule has 2 heterocycles. The van der Waals surface area contributed by atoms with Gasteiger partial charge in [-0.3, -0.25) is 9.55 Å². The van der Waals surface area contributed by atoms with Crippen molar-refractivity contribution in [1.29, 1.82) is 0 Å². The Morgan fingerprint density at radius 2 is 1.29 bits per heavy atom. The normalized spacial score (nSPS) is 15.4. The van der Waals surface area contributed by atoms with Gasteiger partial charge in [0.15, 0.2) is 0 Å². The first-order valence-electron chi connectivity index (χ1n) is 25.6. The average molecular weight is 1010 g/mol. The molecule has 8 aromatic rings. The number of phenolic OH excluding ortho intramolecular Hbond substituents is 1. The van der Waals surface area contributed by atoms with Crippen LogP contribution >= 0.6 is 0 Å². The second-order valence-electron chi connectivity index (χ2n) is 18.2. The zero-order valence-corrected chi connectivity index (χ0v) is 38.7. The van der Waals surface area contributed by atoms with E-state index in [1.807, 2.05) is 142 Å². The molecule has 0 aliphatic heterocycles. The molecular formula is C57H58N3OPt-. The fourth-order valence-electron chi connectivity index (χ4n) is 7.90. The van der Waals surface area contributed by atoms with Gasteiger partial charge in [-0.05, 0) is 80.3 Å². The van der Waals surface area contributed by atoms with Crippen molar-refractivity contribution in [3.63, 3.8) is 0 Å². The Balaban J connectivity index is 0.00000760. The number of imidazole rings is 1. The van der Waals surface area contributed by atoms with E-state index >= 15 is 0 Å². The van der Waals surface area contributed by atoms with Gasteiger partial charge >= 0.3 is 0 Å². The summed E-state index contributed by atoms with van der Waals surface area (Å²) in [4.78, 5) is 10.1. The molecular weight excluding hydrogens is 938 g/mol. The smallest absolute Gasteiger partial charge is 0.148 e. The molecule has 8 rings (SSSR count). The number of hydrogen-bond donors (Lipinski definition) is 1. The van der Waals surface area contributed by atoms with Crippen LogP contribution in [0.2, 0.25) is 0 Å². The summed E-state index contributed by atoms with van der Waals surface area (Å²) in [6, 6.07) is 44.2. The summed E-state index contributed by atoms with van der Waals surface area (Å²) < 4.78 is 89.9. The maximum Gasteiger partial charge on any atom is 0.148 e. The van der Waals surface area contributed by atoms with Crippen LogP contribution in [0.3, 0.4) is 0 Å². The van der Waals surface area contributed by atoms with Crippen molar-refractivity contribution >= 4 is 11.0 Å². The van der Waals surface area contributed by atoms with Crippen molar-refractivity contribution in [2.75, 3.05) is 0 Å². The predicted molar refractivity (Wildman–Crippen MR) is 257 cm³/mol. The third kappa shape index (κ3) is 8.73. The first-order valence-corrected chi connectivity index (χ1v) is 20.6. The van der Waals surface area contributed by atoms with Gasteiger partial charge in [-0.1, -0.05) is 178 Å². The van der Waals surface area contributed by atoms with Gasteiger partial charge in [0.05, 0.1) is 22.3 Å². The van der Waals surface area contributed by atoms with E-state index in [4.69, 9.17) is 18.7 Å². The summed E-state index contributed by atoms with van der Waals surface area (Å²) >= 11 is 0. The molecule has 6 aromatic carbocycles. The molecule has 5 heteroatoms. The summed E-state index contributed by atoms with van der Waals surface area (Å²) in [7, 11) is 0. The van der Waals surface area contributed by atoms with E-state index in [2.05, 4.69) is 31.8 Å². The average Bonchev–Trinajstić information content (AvgIpc) is 3.66. The molecule has 0 unspecified atom stereocenters. The van der Waals surface area contributed by atoms with Crippen LogP contribution in [0.5, 0.6) is 5.75 Å². The van der Waals surface area contributed by atoms with Gasteiger partial charge < -0.3 is 5.11 Å². The number of aromatic hydroxyl groups is 1. The van der Waals surface area contributed by atoms with Crippen LogP contribution in [0.15, 0.2) is 140 Å². The molecule has 0 radical (unpaired) electrons. The number of benzene rings is 6. The Bertz CT molecular complexity index is 3250. The Labute approximate surface area is 397 Å². The molecule has 318 valence electrons. The molecule has 0 saturated carbocycles. The van der Waals surface area contributed by atoms with Gasteiger partial charge in [0, 0.05) is 57.8 Å². The molecule has 0 fully saturated rings. The van der Waals surface area contributed by atoms with E-state index in [-0.39, 0.29) is 43.4 Å². The number of fused-ring (bicyclic) bond motifs is 1. The standard InChI is InChI=1S/C57H58N3O.Pt/c1-36(2)39-25-26-50(46(32-39)38-21-16-13-17-22-38)60-51-24-18-23-45(52(51)59-54(60)47-34-44(56(6,7)8)35-48(53(47)61)57(9,10)11)41-29-42(31-43(30-41)55(3,4)5)49-33-40(27-28-58-49)37-19-14-12-15-20-37;/h12-28,30-36,61H,1-11H3;/q-1;/i3D3,4D3,5D3,36D;. The Morgan fingerprint density at radius 1 is 0.629 bits per heavy atom. The summed E-state index contributed by atoms with van der Waals surface area (Å²) in [5, 5.41) is 12.6. The molecule has 0 aliphatic rings. The van der Waals surface area contributed by atoms with Crippen LogP contribution < -0.4 is 0 Å². The van der Waals surface area contributed by atoms with Gasteiger partial charge in [-0.15, -0.1) is 29.3 Å². The van der Waals surface area contributed by atoms with Gasteiger partial charge in [0.25, 0.3) is 0 Å². The van der Waals surface area contributed by atoms with Crippen LogP contribution in [0.4, 0.5) is 0 Å². The van der Waals surface area contributed by atoms with Crippen LogP contribution in [0.1, 0.15) is 118 Å². The van der Waals surface area contributed by atoms with E-state index < -0.39 is 42.8 Å². The van der Waals surface area contributed by atoms with Crippen LogP contribution in [0.25, 0.3) is 72.7 Å². The van der Waals surface area contributed by atoms with E-state index in [1.165, 1.54) is 12.1 Å². The third-order valence-corrected chi connectivity index (χ3v) is 11.3. The van der Waals surface area contributed by atoms with E-state index in [0.29, 0.717) is 44.9 Å². The minimum absolute atomic E-state index is 0. The molecule has 0 spiro atoms. The zero-order valence-electron chi connectivity index (χ0n) is 46.4. The van der Waals surface area contributed by atoms with Crippen molar-refractivity contribution in [2.45, 2.75) is 98.1 Å². The van der Waals surface area contributed by atoms with Crippen molar-refractivity contribution in [1.82, 2.24) is 14.5 Å². The molecule has 0 aliphatic carbocycles. The van der Waals surface area contributed by atoms with Crippen LogP contribution in [-0.4, -0.2) is 19.6 Å². The van der Waals surface area contributed by atoms with Crippen molar-refractivity contribution in [3.05, 3.63) is 168 Å².